The molecule has 92 valence electrons. The monoisotopic (exact) mass is 236 g/mol. The van der Waals surface area contributed by atoms with Crippen molar-refractivity contribution in [1.29, 1.82) is 0 Å². The predicted octanol–water partition coefficient (Wildman–Crippen LogP) is 2.07. The van der Waals surface area contributed by atoms with Gasteiger partial charge < -0.3 is 10.6 Å². The standard InChI is InChI=1S/C13H17FN2O/c1-9-3-4-10(14)11(7-9)16-12(17)13(2)5-6-15-8-13/h3-4,7,15H,5-6,8H2,1-2H3,(H,16,17). The summed E-state index contributed by atoms with van der Waals surface area (Å²) in [6.45, 7) is 5.25. The zero-order chi connectivity index (χ0) is 12.5. The van der Waals surface area contributed by atoms with E-state index in [9.17, 15) is 9.18 Å². The molecular formula is C13H17FN2O. The van der Waals surface area contributed by atoms with Crippen LogP contribution >= 0.6 is 0 Å². The van der Waals surface area contributed by atoms with Crippen LogP contribution in [0.5, 0.6) is 0 Å². The Morgan fingerprint density at radius 2 is 2.29 bits per heavy atom. The van der Waals surface area contributed by atoms with E-state index >= 15 is 0 Å². The van der Waals surface area contributed by atoms with E-state index in [1.165, 1.54) is 6.07 Å². The summed E-state index contributed by atoms with van der Waals surface area (Å²) in [6.07, 6.45) is 0.784. The molecule has 2 rings (SSSR count). The van der Waals surface area contributed by atoms with Gasteiger partial charge in [-0.05, 0) is 44.5 Å². The van der Waals surface area contributed by atoms with E-state index in [1.807, 2.05) is 13.8 Å². The van der Waals surface area contributed by atoms with Gasteiger partial charge >= 0.3 is 0 Å². The number of halogens is 1. The number of hydrogen-bond acceptors (Lipinski definition) is 2. The Labute approximate surface area is 100 Å². The molecule has 1 heterocycles. The Hall–Kier alpha value is -1.42. The van der Waals surface area contributed by atoms with Crippen molar-refractivity contribution in [2.75, 3.05) is 18.4 Å². The van der Waals surface area contributed by atoms with Crippen LogP contribution in [0.15, 0.2) is 18.2 Å². The molecule has 0 spiro atoms. The summed E-state index contributed by atoms with van der Waals surface area (Å²) in [5.74, 6) is -0.509. The van der Waals surface area contributed by atoms with Gasteiger partial charge in [-0.3, -0.25) is 4.79 Å². The van der Waals surface area contributed by atoms with Crippen molar-refractivity contribution in [3.05, 3.63) is 29.6 Å². The van der Waals surface area contributed by atoms with Crippen LogP contribution in [0.25, 0.3) is 0 Å². The molecule has 1 unspecified atom stereocenters. The van der Waals surface area contributed by atoms with Gasteiger partial charge in [-0.15, -0.1) is 0 Å². The lowest BCUT2D eigenvalue weighted by Gasteiger charge is -2.21. The Kier molecular flexibility index (Phi) is 3.15. The highest BCUT2D eigenvalue weighted by atomic mass is 19.1. The molecule has 1 fully saturated rings. The molecular weight excluding hydrogens is 219 g/mol. The summed E-state index contributed by atoms with van der Waals surface area (Å²) in [5, 5.41) is 5.83. The van der Waals surface area contributed by atoms with Gasteiger partial charge in [0.1, 0.15) is 5.82 Å². The maximum Gasteiger partial charge on any atom is 0.231 e. The van der Waals surface area contributed by atoms with Crippen molar-refractivity contribution in [2.45, 2.75) is 20.3 Å². The van der Waals surface area contributed by atoms with Crippen molar-refractivity contribution in [1.82, 2.24) is 5.32 Å². The third-order valence-electron chi connectivity index (χ3n) is 3.29. The molecule has 1 saturated heterocycles. The summed E-state index contributed by atoms with van der Waals surface area (Å²) < 4.78 is 13.5. The number of anilines is 1. The van der Waals surface area contributed by atoms with Crippen LogP contribution in [0.3, 0.4) is 0 Å². The highest BCUT2D eigenvalue weighted by molar-refractivity contribution is 5.95. The zero-order valence-electron chi connectivity index (χ0n) is 10.1. The highest BCUT2D eigenvalue weighted by Gasteiger charge is 2.36. The molecule has 1 aliphatic rings. The van der Waals surface area contributed by atoms with Crippen LogP contribution in [0.4, 0.5) is 10.1 Å². The Morgan fingerprint density at radius 1 is 1.53 bits per heavy atom. The molecule has 1 atom stereocenters. The van der Waals surface area contributed by atoms with Crippen molar-refractivity contribution in [3.8, 4) is 0 Å². The average Bonchev–Trinajstić information content (AvgIpc) is 2.72. The van der Waals surface area contributed by atoms with Gasteiger partial charge in [0.2, 0.25) is 5.91 Å². The average molecular weight is 236 g/mol. The Bertz CT molecular complexity index is 439. The molecule has 17 heavy (non-hydrogen) atoms. The lowest BCUT2D eigenvalue weighted by Crippen LogP contribution is -2.35. The lowest BCUT2D eigenvalue weighted by atomic mass is 9.88. The third kappa shape index (κ3) is 2.47. The molecule has 0 aromatic heterocycles. The summed E-state index contributed by atoms with van der Waals surface area (Å²) in [7, 11) is 0. The van der Waals surface area contributed by atoms with Crippen LogP contribution in [-0.4, -0.2) is 19.0 Å². The van der Waals surface area contributed by atoms with Gasteiger partial charge in [0.05, 0.1) is 11.1 Å². The van der Waals surface area contributed by atoms with Crippen LogP contribution in [0, 0.1) is 18.2 Å². The fraction of sp³-hybridized carbons (Fsp3) is 0.462. The number of aryl methyl sites for hydroxylation is 1. The largest absolute Gasteiger partial charge is 0.323 e. The molecule has 0 radical (unpaired) electrons. The smallest absolute Gasteiger partial charge is 0.231 e. The van der Waals surface area contributed by atoms with E-state index in [2.05, 4.69) is 10.6 Å². The van der Waals surface area contributed by atoms with E-state index in [0.29, 0.717) is 6.54 Å². The van der Waals surface area contributed by atoms with E-state index in [1.54, 1.807) is 12.1 Å². The highest BCUT2D eigenvalue weighted by Crippen LogP contribution is 2.27. The molecule has 0 saturated carbocycles. The van der Waals surface area contributed by atoms with Gasteiger partial charge in [-0.25, -0.2) is 4.39 Å². The molecule has 3 nitrogen and oxygen atoms in total. The van der Waals surface area contributed by atoms with Gasteiger partial charge in [0, 0.05) is 6.54 Å². The zero-order valence-corrected chi connectivity index (χ0v) is 10.1. The van der Waals surface area contributed by atoms with E-state index in [4.69, 9.17) is 0 Å². The number of hydrogen-bond donors (Lipinski definition) is 2. The first-order valence-electron chi connectivity index (χ1n) is 5.80. The quantitative estimate of drug-likeness (QED) is 0.825. The van der Waals surface area contributed by atoms with Gasteiger partial charge in [0.15, 0.2) is 0 Å². The number of rotatable bonds is 2. The molecule has 1 aliphatic heterocycles. The third-order valence-corrected chi connectivity index (χ3v) is 3.29. The summed E-state index contributed by atoms with van der Waals surface area (Å²) >= 11 is 0. The maximum absolute atomic E-state index is 13.5. The molecule has 1 aromatic carbocycles. The number of nitrogens with one attached hydrogen (secondary N) is 2. The molecule has 0 bridgehead atoms. The minimum absolute atomic E-state index is 0.119. The predicted molar refractivity (Wildman–Crippen MR) is 65.4 cm³/mol. The normalized spacial score (nSPS) is 23.7. The van der Waals surface area contributed by atoms with E-state index < -0.39 is 11.2 Å². The lowest BCUT2D eigenvalue weighted by molar-refractivity contribution is -0.123. The van der Waals surface area contributed by atoms with Crippen molar-refractivity contribution >= 4 is 11.6 Å². The summed E-state index contributed by atoms with van der Waals surface area (Å²) in [6, 6.07) is 4.71. The number of carbonyl (C=O) groups is 1. The minimum atomic E-state index is -0.434. The van der Waals surface area contributed by atoms with Gasteiger partial charge in [0.25, 0.3) is 0 Å². The molecule has 0 aliphatic carbocycles. The first kappa shape index (κ1) is 12.0. The number of carbonyl (C=O) groups excluding carboxylic acids is 1. The summed E-state index contributed by atoms with van der Waals surface area (Å²) in [4.78, 5) is 12.1. The molecule has 4 heteroatoms. The van der Waals surface area contributed by atoms with E-state index in [-0.39, 0.29) is 11.6 Å². The molecule has 1 amide bonds. The molecule has 1 aromatic rings. The number of benzene rings is 1. The fourth-order valence-electron chi connectivity index (χ4n) is 2.02. The SMILES string of the molecule is Cc1ccc(F)c(NC(=O)C2(C)CCNC2)c1. The maximum atomic E-state index is 13.5. The van der Waals surface area contributed by atoms with E-state index in [0.717, 1.165) is 18.5 Å². The van der Waals surface area contributed by atoms with Gasteiger partial charge in [-0.1, -0.05) is 6.07 Å². The number of amides is 1. The van der Waals surface area contributed by atoms with Crippen LogP contribution < -0.4 is 10.6 Å². The molecule has 2 N–H and O–H groups in total. The first-order valence-corrected chi connectivity index (χ1v) is 5.80. The minimum Gasteiger partial charge on any atom is -0.323 e. The second-order valence-corrected chi connectivity index (χ2v) is 4.92. The van der Waals surface area contributed by atoms with Crippen molar-refractivity contribution < 1.29 is 9.18 Å². The van der Waals surface area contributed by atoms with Crippen LogP contribution in [-0.2, 0) is 4.79 Å². The van der Waals surface area contributed by atoms with Crippen molar-refractivity contribution in [2.24, 2.45) is 5.41 Å². The van der Waals surface area contributed by atoms with Crippen molar-refractivity contribution in [3.63, 3.8) is 0 Å². The first-order chi connectivity index (χ1) is 8.01. The fourth-order valence-corrected chi connectivity index (χ4v) is 2.02. The van der Waals surface area contributed by atoms with Crippen LogP contribution in [0.2, 0.25) is 0 Å². The topological polar surface area (TPSA) is 41.1 Å². The second-order valence-electron chi connectivity index (χ2n) is 4.92. The van der Waals surface area contributed by atoms with Crippen LogP contribution in [0.1, 0.15) is 18.9 Å². The second kappa shape index (κ2) is 4.45. The summed E-state index contributed by atoms with van der Waals surface area (Å²) in [5.41, 5.74) is 0.760. The Balaban J connectivity index is 2.15. The Morgan fingerprint density at radius 3 is 2.94 bits per heavy atom. The van der Waals surface area contributed by atoms with Gasteiger partial charge in [-0.2, -0.15) is 0 Å².